The van der Waals surface area contributed by atoms with Crippen LogP contribution in [0.5, 0.6) is 5.75 Å². The standard InChI is InChI=1S/C8H4BrF5O/c9-6-4(8(12,13)14)2-1-3-5(6)15-7(10)11/h1-3,7H. The molecule has 0 saturated heterocycles. The lowest BCUT2D eigenvalue weighted by Gasteiger charge is -2.12. The van der Waals surface area contributed by atoms with E-state index in [1.54, 1.807) is 0 Å². The maximum absolute atomic E-state index is 12.3. The summed E-state index contributed by atoms with van der Waals surface area (Å²) in [6.07, 6.45) is -4.61. The third-order valence-corrected chi connectivity index (χ3v) is 2.30. The molecule has 1 aromatic rings. The van der Waals surface area contributed by atoms with Crippen molar-refractivity contribution in [2.24, 2.45) is 0 Å². The van der Waals surface area contributed by atoms with Gasteiger partial charge in [0.2, 0.25) is 0 Å². The second-order valence-electron chi connectivity index (χ2n) is 2.49. The molecule has 15 heavy (non-hydrogen) atoms. The second kappa shape index (κ2) is 4.34. The Morgan fingerprint density at radius 3 is 2.27 bits per heavy atom. The van der Waals surface area contributed by atoms with Crippen LogP contribution in [0.2, 0.25) is 0 Å². The van der Waals surface area contributed by atoms with E-state index in [4.69, 9.17) is 0 Å². The molecule has 0 bridgehead atoms. The van der Waals surface area contributed by atoms with Crippen molar-refractivity contribution in [1.82, 2.24) is 0 Å². The Bertz CT molecular complexity index is 349. The third-order valence-electron chi connectivity index (χ3n) is 1.48. The van der Waals surface area contributed by atoms with E-state index in [1.807, 2.05) is 0 Å². The smallest absolute Gasteiger partial charge is 0.417 e. The Balaban J connectivity index is 3.12. The fourth-order valence-corrected chi connectivity index (χ4v) is 1.50. The summed E-state index contributed by atoms with van der Waals surface area (Å²) in [6, 6.07) is 2.78. The summed E-state index contributed by atoms with van der Waals surface area (Å²) < 4.78 is 63.9. The van der Waals surface area contributed by atoms with E-state index >= 15 is 0 Å². The molecule has 1 aromatic carbocycles. The van der Waals surface area contributed by atoms with Crippen LogP contribution in [0, 0.1) is 0 Å². The van der Waals surface area contributed by atoms with Crippen molar-refractivity contribution in [1.29, 1.82) is 0 Å². The summed E-state index contributed by atoms with van der Waals surface area (Å²) in [7, 11) is 0. The fraction of sp³-hybridized carbons (Fsp3) is 0.250. The first-order chi connectivity index (χ1) is 6.82. The zero-order valence-electron chi connectivity index (χ0n) is 6.99. The first kappa shape index (κ1) is 12.2. The molecule has 0 radical (unpaired) electrons. The van der Waals surface area contributed by atoms with Gasteiger partial charge in [0.25, 0.3) is 0 Å². The topological polar surface area (TPSA) is 9.23 Å². The van der Waals surface area contributed by atoms with Crippen LogP contribution in [0.1, 0.15) is 5.56 Å². The molecule has 0 aliphatic heterocycles. The molecule has 0 amide bonds. The first-order valence-corrected chi connectivity index (χ1v) is 4.42. The Labute approximate surface area is 90.0 Å². The summed E-state index contributed by atoms with van der Waals surface area (Å²) in [5.41, 5.74) is -1.05. The molecule has 0 fully saturated rings. The van der Waals surface area contributed by atoms with E-state index < -0.39 is 28.6 Å². The van der Waals surface area contributed by atoms with Crippen molar-refractivity contribution >= 4 is 15.9 Å². The van der Waals surface area contributed by atoms with Crippen LogP contribution in [0.3, 0.4) is 0 Å². The number of ether oxygens (including phenoxy) is 1. The third kappa shape index (κ3) is 3.05. The second-order valence-corrected chi connectivity index (χ2v) is 3.29. The van der Waals surface area contributed by atoms with Crippen molar-refractivity contribution in [3.63, 3.8) is 0 Å². The molecule has 0 aliphatic rings. The van der Waals surface area contributed by atoms with Crippen molar-refractivity contribution in [2.75, 3.05) is 0 Å². The number of hydrogen-bond donors (Lipinski definition) is 0. The number of alkyl halides is 5. The van der Waals surface area contributed by atoms with Crippen LogP contribution in [0.4, 0.5) is 22.0 Å². The number of hydrogen-bond acceptors (Lipinski definition) is 1. The van der Waals surface area contributed by atoms with Gasteiger partial charge in [0.15, 0.2) is 0 Å². The Kier molecular flexibility index (Phi) is 3.54. The van der Waals surface area contributed by atoms with Gasteiger partial charge < -0.3 is 4.74 Å². The molecule has 0 aliphatic carbocycles. The van der Waals surface area contributed by atoms with E-state index in [9.17, 15) is 22.0 Å². The number of benzene rings is 1. The first-order valence-electron chi connectivity index (χ1n) is 3.63. The van der Waals surface area contributed by atoms with Crippen LogP contribution >= 0.6 is 15.9 Å². The highest BCUT2D eigenvalue weighted by Crippen LogP contribution is 2.39. The van der Waals surface area contributed by atoms with Gasteiger partial charge in [-0.15, -0.1) is 0 Å². The molecular weight excluding hydrogens is 287 g/mol. The lowest BCUT2D eigenvalue weighted by Crippen LogP contribution is -2.08. The van der Waals surface area contributed by atoms with Crippen LogP contribution in [0.15, 0.2) is 22.7 Å². The molecule has 0 spiro atoms. The summed E-state index contributed by atoms with van der Waals surface area (Å²) in [5.74, 6) is -0.542. The highest BCUT2D eigenvalue weighted by atomic mass is 79.9. The molecule has 84 valence electrons. The minimum absolute atomic E-state index is 0.530. The predicted molar refractivity (Wildman–Crippen MR) is 45.8 cm³/mol. The van der Waals surface area contributed by atoms with Gasteiger partial charge in [-0.25, -0.2) is 0 Å². The van der Waals surface area contributed by atoms with Gasteiger partial charge >= 0.3 is 12.8 Å². The molecule has 1 nitrogen and oxygen atoms in total. The van der Waals surface area contributed by atoms with Gasteiger partial charge in [-0.3, -0.25) is 0 Å². The monoisotopic (exact) mass is 290 g/mol. The Morgan fingerprint density at radius 2 is 1.80 bits per heavy atom. The van der Waals surface area contributed by atoms with Crippen molar-refractivity contribution in [2.45, 2.75) is 12.8 Å². The zero-order valence-corrected chi connectivity index (χ0v) is 8.57. The molecule has 0 N–H and O–H groups in total. The summed E-state index contributed by atoms with van der Waals surface area (Å²) >= 11 is 2.57. The van der Waals surface area contributed by atoms with Crippen molar-refractivity contribution in [3.8, 4) is 5.75 Å². The van der Waals surface area contributed by atoms with Gasteiger partial charge in [-0.2, -0.15) is 22.0 Å². The van der Waals surface area contributed by atoms with Gasteiger partial charge in [0.1, 0.15) is 5.75 Å². The largest absolute Gasteiger partial charge is 0.434 e. The van der Waals surface area contributed by atoms with Gasteiger partial charge in [0, 0.05) is 0 Å². The highest BCUT2D eigenvalue weighted by molar-refractivity contribution is 9.10. The van der Waals surface area contributed by atoms with Crippen LogP contribution < -0.4 is 4.74 Å². The van der Waals surface area contributed by atoms with Crippen LogP contribution in [0.25, 0.3) is 0 Å². The van der Waals surface area contributed by atoms with E-state index in [1.165, 1.54) is 0 Å². The average molecular weight is 291 g/mol. The van der Waals surface area contributed by atoms with Crippen molar-refractivity contribution < 1.29 is 26.7 Å². The summed E-state index contributed by atoms with van der Waals surface area (Å²) in [5, 5.41) is 0. The molecule has 0 aromatic heterocycles. The maximum Gasteiger partial charge on any atom is 0.417 e. The molecule has 0 heterocycles. The van der Waals surface area contributed by atoms with E-state index in [0.717, 1.165) is 18.2 Å². The van der Waals surface area contributed by atoms with E-state index in [2.05, 4.69) is 20.7 Å². The minimum Gasteiger partial charge on any atom is -0.434 e. The van der Waals surface area contributed by atoms with Gasteiger partial charge in [-0.1, -0.05) is 6.07 Å². The average Bonchev–Trinajstić information content (AvgIpc) is 2.05. The molecule has 0 saturated carbocycles. The Morgan fingerprint density at radius 1 is 1.20 bits per heavy atom. The van der Waals surface area contributed by atoms with Gasteiger partial charge in [0.05, 0.1) is 10.0 Å². The lowest BCUT2D eigenvalue weighted by molar-refractivity contribution is -0.138. The number of halogens is 6. The fourth-order valence-electron chi connectivity index (χ4n) is 0.917. The lowest BCUT2D eigenvalue weighted by atomic mass is 10.2. The zero-order chi connectivity index (χ0) is 11.6. The van der Waals surface area contributed by atoms with E-state index in [-0.39, 0.29) is 0 Å². The van der Waals surface area contributed by atoms with Crippen molar-refractivity contribution in [3.05, 3.63) is 28.2 Å². The van der Waals surface area contributed by atoms with Gasteiger partial charge in [-0.05, 0) is 28.1 Å². The highest BCUT2D eigenvalue weighted by Gasteiger charge is 2.34. The quantitative estimate of drug-likeness (QED) is 0.746. The SMILES string of the molecule is FC(F)Oc1cccc(C(F)(F)F)c1Br. The molecule has 0 atom stereocenters. The minimum atomic E-state index is -4.61. The maximum atomic E-state index is 12.3. The Hall–Kier alpha value is -0.850. The molecule has 7 heteroatoms. The summed E-state index contributed by atoms with van der Waals surface area (Å²) in [4.78, 5) is 0. The normalized spacial score (nSPS) is 11.9. The van der Waals surface area contributed by atoms with Crippen LogP contribution in [-0.2, 0) is 6.18 Å². The molecule has 0 unspecified atom stereocenters. The predicted octanol–water partition coefficient (Wildman–Crippen LogP) is 4.07. The molecular formula is C8H4BrF5O. The van der Waals surface area contributed by atoms with E-state index in [0.29, 0.717) is 0 Å². The summed E-state index contributed by atoms with van der Waals surface area (Å²) in [6.45, 7) is -3.16. The van der Waals surface area contributed by atoms with Crippen LogP contribution in [-0.4, -0.2) is 6.61 Å². The number of rotatable bonds is 2. The molecule has 1 rings (SSSR count).